The van der Waals surface area contributed by atoms with Gasteiger partial charge in [0.25, 0.3) is 0 Å². The summed E-state index contributed by atoms with van der Waals surface area (Å²) in [6, 6.07) is 0. The van der Waals surface area contributed by atoms with Crippen molar-refractivity contribution in [3.05, 3.63) is 0 Å². The van der Waals surface area contributed by atoms with E-state index >= 15 is 0 Å². The zero-order valence-electron chi connectivity index (χ0n) is 17.3. The fraction of sp³-hybridized carbons (Fsp3) is 1.00. The van der Waals surface area contributed by atoms with Crippen LogP contribution in [0.4, 0.5) is 0 Å². The van der Waals surface area contributed by atoms with E-state index in [4.69, 9.17) is 18.7 Å². The van der Waals surface area contributed by atoms with E-state index in [9.17, 15) is 5.11 Å². The molecule has 0 aromatic rings. The Morgan fingerprint density at radius 3 is 2.00 bits per heavy atom. The van der Waals surface area contributed by atoms with Crippen LogP contribution in [0.3, 0.4) is 0 Å². The van der Waals surface area contributed by atoms with Crippen LogP contribution in [0.25, 0.3) is 0 Å². The van der Waals surface area contributed by atoms with Crippen molar-refractivity contribution in [3.8, 4) is 0 Å². The molecule has 0 aliphatic carbocycles. The number of aliphatic hydroxyl groups excluding tert-OH is 1. The van der Waals surface area contributed by atoms with Gasteiger partial charge in [0.15, 0.2) is 12.6 Å². The van der Waals surface area contributed by atoms with Gasteiger partial charge in [-0.25, -0.2) is 0 Å². The van der Waals surface area contributed by atoms with Gasteiger partial charge in [0.1, 0.15) is 6.10 Å². The first-order chi connectivity index (χ1) is 12.2. The lowest BCUT2D eigenvalue weighted by atomic mass is 9.78. The Hall–Kier alpha value is 0.660. The molecule has 12 atom stereocenters. The normalized spacial score (nSPS) is 48.3. The average molecular weight is 408 g/mol. The van der Waals surface area contributed by atoms with Gasteiger partial charge in [-0.2, -0.15) is 0 Å². The van der Waals surface area contributed by atoms with Crippen LogP contribution in [0.5, 0.6) is 0 Å². The predicted octanol–water partition coefficient (Wildman–Crippen LogP) is 4.38. The Morgan fingerprint density at radius 2 is 1.46 bits per heavy atom. The minimum absolute atomic E-state index is 0.0795. The summed E-state index contributed by atoms with van der Waals surface area (Å²) in [6.07, 6.45) is 0.0217. The van der Waals surface area contributed by atoms with E-state index in [0.29, 0.717) is 11.8 Å². The van der Waals surface area contributed by atoms with Crippen molar-refractivity contribution < 1.29 is 23.8 Å². The maximum absolute atomic E-state index is 10.6. The highest BCUT2D eigenvalue weighted by molar-refractivity contribution is 8.10. The molecule has 6 unspecified atom stereocenters. The third-order valence-corrected chi connectivity index (χ3v) is 7.27. The Labute approximate surface area is 162 Å². The molecule has 0 bridgehead atoms. The molecule has 0 aromatic heterocycles. The molecule has 2 fully saturated rings. The fourth-order valence-corrected chi connectivity index (χ4v) is 5.01. The molecule has 154 valence electrons. The van der Waals surface area contributed by atoms with Gasteiger partial charge in [0.2, 0.25) is 0 Å². The zero-order chi connectivity index (χ0) is 19.6. The number of ether oxygens (including phenoxy) is 3. The van der Waals surface area contributed by atoms with Crippen molar-refractivity contribution in [3.63, 3.8) is 0 Å². The van der Waals surface area contributed by atoms with Crippen molar-refractivity contribution in [2.75, 3.05) is 6.66 Å². The lowest BCUT2D eigenvalue weighted by Gasteiger charge is -2.48. The molecule has 2 rings (SSSR count). The van der Waals surface area contributed by atoms with Gasteiger partial charge in [-0.05, 0) is 31.3 Å². The van der Waals surface area contributed by atoms with Crippen molar-refractivity contribution in [1.29, 1.82) is 0 Å². The first kappa shape index (κ1) is 22.9. The summed E-state index contributed by atoms with van der Waals surface area (Å²) in [5.74, 6) is 1.22. The van der Waals surface area contributed by atoms with Crippen LogP contribution >= 0.6 is 16.8 Å². The van der Waals surface area contributed by atoms with Crippen LogP contribution in [-0.2, 0) is 18.7 Å². The van der Waals surface area contributed by atoms with Gasteiger partial charge < -0.3 is 23.8 Å². The van der Waals surface area contributed by atoms with Crippen LogP contribution in [0, 0.1) is 23.7 Å². The molecule has 0 aromatic carbocycles. The summed E-state index contributed by atoms with van der Waals surface area (Å²) < 4.78 is 24.9. The number of hydrogen-bond acceptors (Lipinski definition) is 5. The number of aliphatic hydroxyl groups is 1. The van der Waals surface area contributed by atoms with Crippen molar-refractivity contribution in [1.82, 2.24) is 0 Å². The van der Waals surface area contributed by atoms with Crippen LogP contribution < -0.4 is 0 Å². The van der Waals surface area contributed by atoms with Gasteiger partial charge in [-0.3, -0.25) is 0 Å². The van der Waals surface area contributed by atoms with E-state index in [1.54, 1.807) is 0 Å². The summed E-state index contributed by atoms with van der Waals surface area (Å²) in [5, 5.41) is 10.6. The topological polar surface area (TPSA) is 57.2 Å². The molecule has 2 saturated heterocycles. The zero-order valence-corrected chi connectivity index (χ0v) is 19.3. The average Bonchev–Trinajstić information content (AvgIpc) is 2.60. The molecular formula is C19H38O5P2. The van der Waals surface area contributed by atoms with Gasteiger partial charge in [-0.15, -0.1) is 0 Å². The maximum atomic E-state index is 10.6. The third kappa shape index (κ3) is 4.98. The maximum Gasteiger partial charge on any atom is 0.188 e. The van der Waals surface area contributed by atoms with Crippen molar-refractivity contribution in [2.24, 2.45) is 23.7 Å². The van der Waals surface area contributed by atoms with Crippen molar-refractivity contribution in [2.45, 2.75) is 91.4 Å². The molecule has 26 heavy (non-hydrogen) atoms. The van der Waals surface area contributed by atoms with Crippen molar-refractivity contribution >= 4 is 16.8 Å². The minimum Gasteiger partial charge on any atom is -0.390 e. The van der Waals surface area contributed by atoms with Gasteiger partial charge in [0.05, 0.1) is 18.3 Å². The molecule has 1 N–H and O–H groups in total. The molecule has 0 amide bonds. The van der Waals surface area contributed by atoms with E-state index in [0.717, 1.165) is 12.8 Å². The molecule has 2 heterocycles. The number of hydrogen-bond donors (Lipinski definition) is 1. The van der Waals surface area contributed by atoms with E-state index < -0.39 is 20.2 Å². The summed E-state index contributed by atoms with van der Waals surface area (Å²) in [5.41, 5.74) is 0. The first-order valence-electron chi connectivity index (χ1n) is 10.0. The summed E-state index contributed by atoms with van der Waals surface area (Å²) >= 11 is 0. The molecule has 7 heteroatoms. The van der Waals surface area contributed by atoms with E-state index in [1.807, 2.05) is 20.5 Å². The highest BCUT2D eigenvalue weighted by Crippen LogP contribution is 2.46. The second-order valence-electron chi connectivity index (χ2n) is 8.08. The summed E-state index contributed by atoms with van der Waals surface area (Å²) in [7, 11) is 2.02. The van der Waals surface area contributed by atoms with E-state index in [-0.39, 0.29) is 36.4 Å². The second-order valence-corrected chi connectivity index (χ2v) is 11.6. The van der Waals surface area contributed by atoms with E-state index in [1.165, 1.54) is 0 Å². The number of rotatable bonds is 6. The molecule has 0 spiro atoms. The summed E-state index contributed by atoms with van der Waals surface area (Å²) in [6.45, 7) is 15.0. The Balaban J connectivity index is 2.17. The highest BCUT2D eigenvalue weighted by atomic mass is 32.0. The first-order valence-corrected chi connectivity index (χ1v) is 13.3. The lowest BCUT2D eigenvalue weighted by molar-refractivity contribution is -0.328. The molecule has 0 saturated carbocycles. The Morgan fingerprint density at radius 1 is 0.885 bits per heavy atom. The third-order valence-electron chi connectivity index (χ3n) is 6.36. The monoisotopic (exact) mass is 408 g/mol. The molecule has 2 aliphatic rings. The van der Waals surface area contributed by atoms with Crippen LogP contribution in [0.1, 0.15) is 54.4 Å². The molecule has 2 aliphatic heterocycles. The van der Waals surface area contributed by atoms with Gasteiger partial charge in [0, 0.05) is 19.7 Å². The smallest absolute Gasteiger partial charge is 0.188 e. The van der Waals surface area contributed by atoms with Gasteiger partial charge in [-0.1, -0.05) is 50.5 Å². The Bertz CT molecular complexity index is 436. The van der Waals surface area contributed by atoms with E-state index in [2.05, 4.69) is 36.6 Å². The molecule has 0 radical (unpaired) electrons. The lowest BCUT2D eigenvalue weighted by Crippen LogP contribution is -2.57. The highest BCUT2D eigenvalue weighted by Gasteiger charge is 2.47. The van der Waals surface area contributed by atoms with Crippen LogP contribution in [-0.4, -0.2) is 48.8 Å². The predicted molar refractivity (Wildman–Crippen MR) is 109 cm³/mol. The summed E-state index contributed by atoms with van der Waals surface area (Å²) in [4.78, 5) is 0. The largest absolute Gasteiger partial charge is 0.390 e. The second kappa shape index (κ2) is 9.92. The standard InChI is InChI=1S/C19H38O5P2/c1-8-14-11(4)10(3)12(5)18(21-14)23-17-13(6)16(20)15(9-2)22-19(17)24-26(7)25/h10-20H,8-9,25H2,1-7H3/t10-,11-,12-,13-,14?,15?,16-,17+,18?,19?,26?/m0/s1. The minimum atomic E-state index is -0.680. The fourth-order valence-electron chi connectivity index (χ4n) is 4.15. The van der Waals surface area contributed by atoms with Crippen LogP contribution in [0.15, 0.2) is 0 Å². The van der Waals surface area contributed by atoms with Gasteiger partial charge >= 0.3 is 0 Å². The SMILES string of the molecule is CCC1OC(O[C@H]2C(OP(C)P)OC(CC)[C@@H](O)[C@@H]2C)[C@@H](C)[C@@H](C)[C@@H]1C. The molecule has 5 nitrogen and oxygen atoms in total. The van der Waals surface area contributed by atoms with Crippen LogP contribution in [0.2, 0.25) is 0 Å². The quantitative estimate of drug-likeness (QED) is 0.661. The Kier molecular flexibility index (Phi) is 8.75. The molecular weight excluding hydrogens is 370 g/mol.